The second-order valence-electron chi connectivity index (χ2n) is 5.87. The van der Waals surface area contributed by atoms with E-state index in [0.29, 0.717) is 17.0 Å². The summed E-state index contributed by atoms with van der Waals surface area (Å²) in [7, 11) is 3.04. The lowest BCUT2D eigenvalue weighted by Gasteiger charge is -2.11. The third kappa shape index (κ3) is 3.82. The molecule has 0 saturated heterocycles. The lowest BCUT2D eigenvalue weighted by atomic mass is 10.1. The van der Waals surface area contributed by atoms with E-state index < -0.39 is 0 Å². The average molecular weight is 364 g/mol. The average Bonchev–Trinajstić information content (AvgIpc) is 3.09. The van der Waals surface area contributed by atoms with Crippen LogP contribution in [0.2, 0.25) is 0 Å². The predicted octanol–water partition coefficient (Wildman–Crippen LogP) is 2.80. The summed E-state index contributed by atoms with van der Waals surface area (Å²) in [4.78, 5) is 24.5. The Balaban J connectivity index is 1.89. The molecule has 138 valence electrons. The van der Waals surface area contributed by atoms with Gasteiger partial charge >= 0.3 is 0 Å². The van der Waals surface area contributed by atoms with E-state index in [1.807, 2.05) is 37.3 Å². The van der Waals surface area contributed by atoms with Gasteiger partial charge in [0.25, 0.3) is 11.8 Å². The second kappa shape index (κ2) is 7.74. The molecule has 1 aromatic heterocycles. The van der Waals surface area contributed by atoms with Crippen LogP contribution in [0.3, 0.4) is 0 Å². The second-order valence-corrected chi connectivity index (χ2v) is 5.87. The van der Waals surface area contributed by atoms with Crippen LogP contribution >= 0.6 is 0 Å². The van der Waals surface area contributed by atoms with Crippen LogP contribution in [0, 0.1) is 6.92 Å². The molecule has 0 aliphatic carbocycles. The molecular formula is C20H20N4O3. The molecular weight excluding hydrogens is 344 g/mol. The van der Waals surface area contributed by atoms with Crippen LogP contribution < -0.4 is 15.4 Å². The van der Waals surface area contributed by atoms with Crippen LogP contribution in [-0.4, -0.2) is 35.8 Å². The standard InChI is InChI=1S/C20H20N4O3/c1-13-11-17(23-24(13)15-7-5-4-6-8-15)20(26)22-16-12-14(19(25)21-2)9-10-18(16)27-3/h4-12H,1-3H3,(H,21,25)(H,22,26). The van der Waals surface area contributed by atoms with Gasteiger partial charge in [-0.15, -0.1) is 0 Å². The predicted molar refractivity (Wildman–Crippen MR) is 103 cm³/mol. The smallest absolute Gasteiger partial charge is 0.276 e. The van der Waals surface area contributed by atoms with Gasteiger partial charge in [-0.25, -0.2) is 4.68 Å². The molecule has 0 spiro atoms. The minimum absolute atomic E-state index is 0.252. The first-order chi connectivity index (χ1) is 13.0. The molecule has 3 rings (SSSR count). The summed E-state index contributed by atoms with van der Waals surface area (Å²) in [5.74, 6) is -0.187. The topological polar surface area (TPSA) is 85.3 Å². The third-order valence-corrected chi connectivity index (χ3v) is 4.06. The van der Waals surface area contributed by atoms with Gasteiger partial charge in [0.05, 0.1) is 18.5 Å². The van der Waals surface area contributed by atoms with Gasteiger partial charge in [0.15, 0.2) is 5.69 Å². The van der Waals surface area contributed by atoms with E-state index in [4.69, 9.17) is 4.74 Å². The lowest BCUT2D eigenvalue weighted by molar-refractivity contribution is 0.0961. The molecule has 0 aliphatic rings. The van der Waals surface area contributed by atoms with Gasteiger partial charge in [-0.3, -0.25) is 9.59 Å². The number of rotatable bonds is 5. The molecule has 2 aromatic carbocycles. The number of aromatic nitrogens is 2. The molecule has 0 fully saturated rings. The van der Waals surface area contributed by atoms with Crippen molar-refractivity contribution in [3.63, 3.8) is 0 Å². The number of nitrogens with zero attached hydrogens (tertiary/aromatic N) is 2. The maximum Gasteiger partial charge on any atom is 0.276 e. The number of carbonyl (C=O) groups excluding carboxylic acids is 2. The van der Waals surface area contributed by atoms with Crippen molar-refractivity contribution in [1.82, 2.24) is 15.1 Å². The molecule has 0 radical (unpaired) electrons. The van der Waals surface area contributed by atoms with Crippen LogP contribution in [0.25, 0.3) is 5.69 Å². The van der Waals surface area contributed by atoms with Crippen molar-refractivity contribution in [3.8, 4) is 11.4 Å². The number of nitrogens with one attached hydrogen (secondary N) is 2. The molecule has 0 saturated carbocycles. The monoisotopic (exact) mass is 364 g/mol. The number of benzene rings is 2. The number of ether oxygens (including phenoxy) is 1. The van der Waals surface area contributed by atoms with E-state index in [0.717, 1.165) is 11.4 Å². The molecule has 7 heteroatoms. The first-order valence-corrected chi connectivity index (χ1v) is 8.37. The summed E-state index contributed by atoms with van der Waals surface area (Å²) >= 11 is 0. The maximum atomic E-state index is 12.7. The maximum absolute atomic E-state index is 12.7. The Morgan fingerprint density at radius 2 is 1.78 bits per heavy atom. The van der Waals surface area contributed by atoms with E-state index in [1.54, 1.807) is 36.0 Å². The fourth-order valence-electron chi connectivity index (χ4n) is 2.69. The molecule has 3 aromatic rings. The Morgan fingerprint density at radius 3 is 2.44 bits per heavy atom. The number of para-hydroxylation sites is 1. The molecule has 0 bridgehead atoms. The molecule has 0 unspecified atom stereocenters. The van der Waals surface area contributed by atoms with Crippen molar-refractivity contribution in [3.05, 3.63) is 71.5 Å². The Hall–Kier alpha value is -3.61. The van der Waals surface area contributed by atoms with Gasteiger partial charge in [0.1, 0.15) is 5.75 Å². The summed E-state index contributed by atoms with van der Waals surface area (Å²) in [5.41, 5.74) is 2.78. The molecule has 0 atom stereocenters. The van der Waals surface area contributed by atoms with Gasteiger partial charge in [0, 0.05) is 18.3 Å². The highest BCUT2D eigenvalue weighted by Crippen LogP contribution is 2.26. The van der Waals surface area contributed by atoms with E-state index in [1.165, 1.54) is 7.11 Å². The summed E-state index contributed by atoms with van der Waals surface area (Å²) in [6, 6.07) is 16.1. The highest BCUT2D eigenvalue weighted by atomic mass is 16.5. The number of hydrogen-bond donors (Lipinski definition) is 2. The van der Waals surface area contributed by atoms with Crippen LogP contribution in [0.4, 0.5) is 5.69 Å². The SMILES string of the molecule is CNC(=O)c1ccc(OC)c(NC(=O)c2cc(C)n(-c3ccccc3)n2)c1. The first-order valence-electron chi connectivity index (χ1n) is 8.37. The zero-order valence-corrected chi connectivity index (χ0v) is 15.3. The van der Waals surface area contributed by atoms with E-state index in [2.05, 4.69) is 15.7 Å². The van der Waals surface area contributed by atoms with Crippen LogP contribution in [0.15, 0.2) is 54.6 Å². The molecule has 7 nitrogen and oxygen atoms in total. The number of aryl methyl sites for hydroxylation is 1. The minimum Gasteiger partial charge on any atom is -0.495 e. The first kappa shape index (κ1) is 18.2. The Bertz CT molecular complexity index is 980. The summed E-state index contributed by atoms with van der Waals surface area (Å²) < 4.78 is 6.98. The fraction of sp³-hybridized carbons (Fsp3) is 0.150. The quantitative estimate of drug-likeness (QED) is 0.729. The molecule has 27 heavy (non-hydrogen) atoms. The summed E-state index contributed by atoms with van der Waals surface area (Å²) in [5, 5.41) is 9.71. The van der Waals surface area contributed by atoms with Crippen molar-refractivity contribution in [2.24, 2.45) is 0 Å². The zero-order chi connectivity index (χ0) is 19.4. The molecule has 2 N–H and O–H groups in total. The third-order valence-electron chi connectivity index (χ3n) is 4.06. The highest BCUT2D eigenvalue weighted by molar-refractivity contribution is 6.05. The fourth-order valence-corrected chi connectivity index (χ4v) is 2.69. The molecule has 2 amide bonds. The number of anilines is 1. The van der Waals surface area contributed by atoms with Crippen molar-refractivity contribution in [2.75, 3.05) is 19.5 Å². The molecule has 0 aliphatic heterocycles. The Kier molecular flexibility index (Phi) is 5.21. The summed E-state index contributed by atoms with van der Waals surface area (Å²) in [6.45, 7) is 1.88. The number of carbonyl (C=O) groups is 2. The largest absolute Gasteiger partial charge is 0.495 e. The Labute approximate surface area is 157 Å². The number of methoxy groups -OCH3 is 1. The Morgan fingerprint density at radius 1 is 1.04 bits per heavy atom. The molecule has 1 heterocycles. The summed E-state index contributed by atoms with van der Waals surface area (Å²) in [6.07, 6.45) is 0. The van der Waals surface area contributed by atoms with Crippen molar-refractivity contribution in [1.29, 1.82) is 0 Å². The van der Waals surface area contributed by atoms with Gasteiger partial charge in [-0.2, -0.15) is 5.10 Å². The van der Waals surface area contributed by atoms with Gasteiger partial charge in [-0.1, -0.05) is 18.2 Å². The van der Waals surface area contributed by atoms with Crippen molar-refractivity contribution < 1.29 is 14.3 Å². The van der Waals surface area contributed by atoms with E-state index >= 15 is 0 Å². The lowest BCUT2D eigenvalue weighted by Crippen LogP contribution is -2.19. The minimum atomic E-state index is -0.389. The van der Waals surface area contributed by atoms with Crippen molar-refractivity contribution in [2.45, 2.75) is 6.92 Å². The van der Waals surface area contributed by atoms with E-state index in [9.17, 15) is 9.59 Å². The number of amides is 2. The van der Waals surface area contributed by atoms with Gasteiger partial charge in [-0.05, 0) is 43.3 Å². The van der Waals surface area contributed by atoms with E-state index in [-0.39, 0.29) is 17.5 Å². The normalized spacial score (nSPS) is 10.3. The van der Waals surface area contributed by atoms with Crippen LogP contribution in [0.5, 0.6) is 5.75 Å². The van der Waals surface area contributed by atoms with Crippen molar-refractivity contribution >= 4 is 17.5 Å². The highest BCUT2D eigenvalue weighted by Gasteiger charge is 2.16. The zero-order valence-electron chi connectivity index (χ0n) is 15.3. The van der Waals surface area contributed by atoms with Gasteiger partial charge < -0.3 is 15.4 Å². The van der Waals surface area contributed by atoms with Crippen LogP contribution in [0.1, 0.15) is 26.5 Å². The number of hydrogen-bond acceptors (Lipinski definition) is 4. The van der Waals surface area contributed by atoms with Crippen LogP contribution in [-0.2, 0) is 0 Å². The van der Waals surface area contributed by atoms with Gasteiger partial charge in [0.2, 0.25) is 0 Å².